The summed E-state index contributed by atoms with van der Waals surface area (Å²) in [5.74, 6) is -0.811. The predicted molar refractivity (Wildman–Crippen MR) is 75.0 cm³/mol. The van der Waals surface area contributed by atoms with Gasteiger partial charge in [0.15, 0.2) is 0 Å². The summed E-state index contributed by atoms with van der Waals surface area (Å²) in [4.78, 5) is 12.0. The van der Waals surface area contributed by atoms with Crippen molar-refractivity contribution in [3.63, 3.8) is 0 Å². The number of nitrogens with two attached hydrogens (primary N) is 1. The van der Waals surface area contributed by atoms with Crippen LogP contribution in [-0.2, 0) is 0 Å². The Labute approximate surface area is 115 Å². The smallest absolute Gasteiger partial charge is 0.257 e. The Balaban J connectivity index is 2.25. The van der Waals surface area contributed by atoms with Crippen LogP contribution in [0.2, 0.25) is 5.02 Å². The van der Waals surface area contributed by atoms with Crippen LogP contribution in [0, 0.1) is 12.7 Å². The maximum Gasteiger partial charge on any atom is 0.257 e. The van der Waals surface area contributed by atoms with Gasteiger partial charge in [-0.15, -0.1) is 0 Å². The van der Waals surface area contributed by atoms with E-state index in [1.54, 1.807) is 19.1 Å². The molecule has 0 heterocycles. The molecule has 0 aliphatic rings. The summed E-state index contributed by atoms with van der Waals surface area (Å²) < 4.78 is 13.2. The molecule has 3 N–H and O–H groups in total. The molecule has 3 nitrogen and oxygen atoms in total. The van der Waals surface area contributed by atoms with Crippen LogP contribution in [0.4, 0.5) is 15.8 Å². The Kier molecular flexibility index (Phi) is 3.71. The molecule has 1 amide bonds. The number of carbonyl (C=O) groups is 1. The summed E-state index contributed by atoms with van der Waals surface area (Å²) >= 11 is 5.94. The van der Waals surface area contributed by atoms with Gasteiger partial charge in [-0.3, -0.25) is 4.79 Å². The lowest BCUT2D eigenvalue weighted by atomic mass is 10.1. The molecule has 0 radical (unpaired) electrons. The van der Waals surface area contributed by atoms with Crippen molar-refractivity contribution in [3.05, 3.63) is 58.4 Å². The van der Waals surface area contributed by atoms with Crippen molar-refractivity contribution in [1.82, 2.24) is 0 Å². The predicted octanol–water partition coefficient (Wildman–Crippen LogP) is 3.62. The maximum atomic E-state index is 13.2. The summed E-state index contributed by atoms with van der Waals surface area (Å²) in [7, 11) is 0. The van der Waals surface area contributed by atoms with E-state index in [0.29, 0.717) is 11.4 Å². The van der Waals surface area contributed by atoms with Crippen molar-refractivity contribution in [3.8, 4) is 0 Å². The number of nitrogens with one attached hydrogen (secondary N) is 1. The summed E-state index contributed by atoms with van der Waals surface area (Å²) in [5.41, 5.74) is 7.42. The van der Waals surface area contributed by atoms with E-state index in [1.165, 1.54) is 24.3 Å². The molecule has 5 heteroatoms. The molecule has 0 atom stereocenters. The zero-order chi connectivity index (χ0) is 14.0. The summed E-state index contributed by atoms with van der Waals surface area (Å²) in [5, 5.41) is 2.85. The van der Waals surface area contributed by atoms with Gasteiger partial charge in [-0.05, 0) is 48.9 Å². The molecule has 0 bridgehead atoms. The standard InChI is InChI=1S/C14H12ClFN2O/c1-8-4-9(16)6-11(5-8)18-14(19)12-3-2-10(17)7-13(12)15/h2-7H,17H2,1H3,(H,18,19). The number of nitrogen functional groups attached to an aromatic ring is 1. The molecule has 2 aromatic rings. The minimum atomic E-state index is -0.407. The van der Waals surface area contributed by atoms with Crippen LogP contribution in [0.1, 0.15) is 15.9 Å². The number of anilines is 2. The lowest BCUT2D eigenvalue weighted by Crippen LogP contribution is -2.13. The van der Waals surface area contributed by atoms with Gasteiger partial charge >= 0.3 is 0 Å². The highest BCUT2D eigenvalue weighted by Crippen LogP contribution is 2.21. The second-order valence-electron chi connectivity index (χ2n) is 4.21. The number of benzene rings is 2. The van der Waals surface area contributed by atoms with Crippen LogP contribution >= 0.6 is 11.6 Å². The first kappa shape index (κ1) is 13.4. The zero-order valence-electron chi connectivity index (χ0n) is 10.2. The number of carbonyl (C=O) groups excluding carboxylic acids is 1. The fraction of sp³-hybridized carbons (Fsp3) is 0.0714. The van der Waals surface area contributed by atoms with Gasteiger partial charge in [0.05, 0.1) is 10.6 Å². The second kappa shape index (κ2) is 5.28. The molecule has 0 aliphatic heterocycles. The average Bonchev–Trinajstić information content (AvgIpc) is 2.26. The molecule has 2 rings (SSSR count). The van der Waals surface area contributed by atoms with Crippen LogP contribution in [-0.4, -0.2) is 5.91 Å². The highest BCUT2D eigenvalue weighted by molar-refractivity contribution is 6.34. The third-order valence-corrected chi connectivity index (χ3v) is 2.85. The lowest BCUT2D eigenvalue weighted by Gasteiger charge is -2.08. The number of aryl methyl sites for hydroxylation is 1. The Bertz CT molecular complexity index is 623. The van der Waals surface area contributed by atoms with Gasteiger partial charge in [0.25, 0.3) is 5.91 Å². The second-order valence-corrected chi connectivity index (χ2v) is 4.62. The normalized spacial score (nSPS) is 10.3. The largest absolute Gasteiger partial charge is 0.399 e. The molecule has 0 spiro atoms. The van der Waals surface area contributed by atoms with Gasteiger partial charge in [-0.1, -0.05) is 11.6 Å². The van der Waals surface area contributed by atoms with Crippen LogP contribution in [0.15, 0.2) is 36.4 Å². The van der Waals surface area contributed by atoms with E-state index in [0.717, 1.165) is 5.56 Å². The van der Waals surface area contributed by atoms with Crippen LogP contribution in [0.3, 0.4) is 0 Å². The van der Waals surface area contributed by atoms with E-state index in [4.69, 9.17) is 17.3 Å². The summed E-state index contributed by atoms with van der Waals surface area (Å²) in [6.07, 6.45) is 0. The quantitative estimate of drug-likeness (QED) is 0.824. The van der Waals surface area contributed by atoms with Crippen LogP contribution in [0.25, 0.3) is 0 Å². The minimum absolute atomic E-state index is 0.255. The van der Waals surface area contributed by atoms with Crippen molar-refractivity contribution < 1.29 is 9.18 Å². The zero-order valence-corrected chi connectivity index (χ0v) is 11.0. The Hall–Kier alpha value is -2.07. The first-order valence-corrected chi connectivity index (χ1v) is 5.97. The molecule has 0 saturated heterocycles. The molecule has 0 aliphatic carbocycles. The third-order valence-electron chi connectivity index (χ3n) is 2.54. The number of hydrogen-bond donors (Lipinski definition) is 2. The average molecular weight is 279 g/mol. The number of rotatable bonds is 2. The van der Waals surface area contributed by atoms with E-state index in [2.05, 4.69) is 5.32 Å². The topological polar surface area (TPSA) is 55.1 Å². The van der Waals surface area contributed by atoms with Gasteiger partial charge in [-0.25, -0.2) is 4.39 Å². The van der Waals surface area contributed by atoms with Crippen molar-refractivity contribution in [1.29, 1.82) is 0 Å². The molecule has 0 saturated carbocycles. The number of halogens is 2. The van der Waals surface area contributed by atoms with Crippen LogP contribution < -0.4 is 11.1 Å². The fourth-order valence-electron chi connectivity index (χ4n) is 1.72. The monoisotopic (exact) mass is 278 g/mol. The molecule has 19 heavy (non-hydrogen) atoms. The molecule has 0 fully saturated rings. The fourth-order valence-corrected chi connectivity index (χ4v) is 2.00. The van der Waals surface area contributed by atoms with Crippen LogP contribution in [0.5, 0.6) is 0 Å². The molecule has 98 valence electrons. The van der Waals surface area contributed by atoms with Gasteiger partial charge in [-0.2, -0.15) is 0 Å². The first-order chi connectivity index (χ1) is 8.95. The Morgan fingerprint density at radius 3 is 2.63 bits per heavy atom. The Morgan fingerprint density at radius 2 is 2.00 bits per heavy atom. The van der Waals surface area contributed by atoms with Crippen molar-refractivity contribution in [2.24, 2.45) is 0 Å². The van der Waals surface area contributed by atoms with Gasteiger partial charge in [0.2, 0.25) is 0 Å². The molecular weight excluding hydrogens is 267 g/mol. The van der Waals surface area contributed by atoms with E-state index < -0.39 is 11.7 Å². The van der Waals surface area contributed by atoms with Crippen molar-refractivity contribution in [2.75, 3.05) is 11.1 Å². The summed E-state index contributed by atoms with van der Waals surface area (Å²) in [6.45, 7) is 1.74. The van der Waals surface area contributed by atoms with Gasteiger partial charge in [0, 0.05) is 11.4 Å². The molecule has 0 unspecified atom stereocenters. The number of amides is 1. The van der Waals surface area contributed by atoms with Crippen molar-refractivity contribution in [2.45, 2.75) is 6.92 Å². The van der Waals surface area contributed by atoms with E-state index in [1.807, 2.05) is 0 Å². The Morgan fingerprint density at radius 1 is 1.26 bits per heavy atom. The van der Waals surface area contributed by atoms with Gasteiger partial charge < -0.3 is 11.1 Å². The maximum absolute atomic E-state index is 13.2. The van der Waals surface area contributed by atoms with E-state index in [9.17, 15) is 9.18 Å². The van der Waals surface area contributed by atoms with Crippen molar-refractivity contribution >= 4 is 28.9 Å². The minimum Gasteiger partial charge on any atom is -0.399 e. The van der Waals surface area contributed by atoms with E-state index >= 15 is 0 Å². The summed E-state index contributed by atoms with van der Waals surface area (Å²) in [6, 6.07) is 8.90. The molecular formula is C14H12ClFN2O. The SMILES string of the molecule is Cc1cc(F)cc(NC(=O)c2ccc(N)cc2Cl)c1. The first-order valence-electron chi connectivity index (χ1n) is 5.59. The lowest BCUT2D eigenvalue weighted by molar-refractivity contribution is 0.102. The highest BCUT2D eigenvalue weighted by atomic mass is 35.5. The molecule has 2 aromatic carbocycles. The van der Waals surface area contributed by atoms with Gasteiger partial charge in [0.1, 0.15) is 5.82 Å². The van der Waals surface area contributed by atoms with E-state index in [-0.39, 0.29) is 10.6 Å². The molecule has 0 aromatic heterocycles. The number of hydrogen-bond acceptors (Lipinski definition) is 2. The third kappa shape index (κ3) is 3.23. The highest BCUT2D eigenvalue weighted by Gasteiger charge is 2.11.